The molecule has 0 aliphatic carbocycles. The smallest absolute Gasteiger partial charge is 0.191 e. The van der Waals surface area contributed by atoms with Crippen LogP contribution in [0.4, 0.5) is 0 Å². The minimum absolute atomic E-state index is 0. The summed E-state index contributed by atoms with van der Waals surface area (Å²) in [5.74, 6) is 0.834. The zero-order chi connectivity index (χ0) is 21.9. The van der Waals surface area contributed by atoms with Crippen molar-refractivity contribution in [2.24, 2.45) is 4.99 Å². The van der Waals surface area contributed by atoms with Crippen molar-refractivity contribution in [3.8, 4) is 0 Å². The fraction of sp³-hybridized carbons (Fsp3) is 0.480. The number of ether oxygens (including phenoxy) is 1. The Morgan fingerprint density at radius 2 is 1.66 bits per heavy atom. The van der Waals surface area contributed by atoms with Crippen LogP contribution in [-0.2, 0) is 24.2 Å². The van der Waals surface area contributed by atoms with Gasteiger partial charge in [0.15, 0.2) is 5.96 Å². The number of likely N-dealkylation sites (N-methyl/N-ethyl adjacent to an activating group) is 1. The SMILES string of the molecule is CN=C(NCc1ccccc1CN1CCOCC1)NCC(Cc1ccccc1)N(C)C.I. The van der Waals surface area contributed by atoms with Crippen molar-refractivity contribution < 1.29 is 4.74 Å². The highest BCUT2D eigenvalue weighted by Gasteiger charge is 2.14. The van der Waals surface area contributed by atoms with E-state index in [0.717, 1.165) is 58.3 Å². The minimum Gasteiger partial charge on any atom is -0.379 e. The van der Waals surface area contributed by atoms with Gasteiger partial charge in [-0.1, -0.05) is 54.6 Å². The van der Waals surface area contributed by atoms with Gasteiger partial charge in [-0.2, -0.15) is 0 Å². The van der Waals surface area contributed by atoms with Crippen LogP contribution in [0.25, 0.3) is 0 Å². The topological polar surface area (TPSA) is 52.1 Å². The van der Waals surface area contributed by atoms with Crippen molar-refractivity contribution in [1.82, 2.24) is 20.4 Å². The van der Waals surface area contributed by atoms with Gasteiger partial charge >= 0.3 is 0 Å². The van der Waals surface area contributed by atoms with E-state index in [0.29, 0.717) is 6.04 Å². The molecule has 1 atom stereocenters. The quantitative estimate of drug-likeness (QED) is 0.285. The van der Waals surface area contributed by atoms with Crippen molar-refractivity contribution in [1.29, 1.82) is 0 Å². The lowest BCUT2D eigenvalue weighted by molar-refractivity contribution is 0.0341. The lowest BCUT2D eigenvalue weighted by Gasteiger charge is -2.27. The Balaban J connectivity index is 0.00000363. The van der Waals surface area contributed by atoms with Gasteiger partial charge in [-0.3, -0.25) is 9.89 Å². The summed E-state index contributed by atoms with van der Waals surface area (Å²) in [6.45, 7) is 6.20. The van der Waals surface area contributed by atoms with E-state index in [2.05, 4.69) is 94.1 Å². The van der Waals surface area contributed by atoms with Crippen LogP contribution in [0.15, 0.2) is 59.6 Å². The van der Waals surface area contributed by atoms with Gasteiger partial charge in [-0.05, 0) is 37.2 Å². The number of nitrogens with one attached hydrogen (secondary N) is 2. The summed E-state index contributed by atoms with van der Waals surface area (Å²) in [4.78, 5) is 9.16. The third-order valence-corrected chi connectivity index (χ3v) is 5.84. The standard InChI is InChI=1S/C25H37N5O.HI/c1-26-25(28-19-24(29(2)3)17-21-9-5-4-6-10-21)27-18-22-11-7-8-12-23(22)20-30-13-15-31-16-14-30;/h4-12,24H,13-20H2,1-3H3,(H2,26,27,28);1H. The third-order valence-electron chi connectivity index (χ3n) is 5.84. The summed E-state index contributed by atoms with van der Waals surface area (Å²) in [6, 6.07) is 19.7. The monoisotopic (exact) mass is 551 g/mol. The second-order valence-corrected chi connectivity index (χ2v) is 8.27. The first-order valence-electron chi connectivity index (χ1n) is 11.2. The zero-order valence-corrected chi connectivity index (χ0v) is 21.9. The lowest BCUT2D eigenvalue weighted by atomic mass is 10.1. The molecule has 0 bridgehead atoms. The molecule has 2 N–H and O–H groups in total. The van der Waals surface area contributed by atoms with E-state index in [1.165, 1.54) is 16.7 Å². The average molecular weight is 552 g/mol. The number of guanidine groups is 1. The van der Waals surface area contributed by atoms with Crippen molar-refractivity contribution in [2.75, 3.05) is 54.0 Å². The van der Waals surface area contributed by atoms with E-state index in [9.17, 15) is 0 Å². The summed E-state index contributed by atoms with van der Waals surface area (Å²) in [5, 5.41) is 7.01. The molecule has 0 spiro atoms. The van der Waals surface area contributed by atoms with Crippen LogP contribution >= 0.6 is 24.0 Å². The van der Waals surface area contributed by atoms with Crippen LogP contribution in [-0.4, -0.2) is 75.8 Å². The second-order valence-electron chi connectivity index (χ2n) is 8.27. The Hall–Kier alpha value is -1.68. The largest absolute Gasteiger partial charge is 0.379 e. The van der Waals surface area contributed by atoms with Gasteiger partial charge in [0.25, 0.3) is 0 Å². The van der Waals surface area contributed by atoms with Crippen LogP contribution in [0.1, 0.15) is 16.7 Å². The molecule has 1 heterocycles. The molecule has 6 nitrogen and oxygen atoms in total. The van der Waals surface area contributed by atoms with Crippen LogP contribution < -0.4 is 10.6 Å². The van der Waals surface area contributed by atoms with Crippen molar-refractivity contribution in [3.63, 3.8) is 0 Å². The van der Waals surface area contributed by atoms with Gasteiger partial charge in [0.05, 0.1) is 13.2 Å². The van der Waals surface area contributed by atoms with Crippen molar-refractivity contribution >= 4 is 29.9 Å². The number of aliphatic imine (C=N–C) groups is 1. The molecule has 1 fully saturated rings. The molecule has 2 aromatic rings. The molecule has 0 aromatic heterocycles. The molecule has 3 rings (SSSR count). The van der Waals surface area contributed by atoms with Gasteiger partial charge in [0, 0.05) is 45.8 Å². The Labute approximate surface area is 210 Å². The lowest BCUT2D eigenvalue weighted by Crippen LogP contribution is -2.45. The zero-order valence-electron chi connectivity index (χ0n) is 19.6. The first kappa shape index (κ1) is 26.6. The predicted octanol–water partition coefficient (Wildman–Crippen LogP) is 2.97. The van der Waals surface area contributed by atoms with E-state index in [-0.39, 0.29) is 24.0 Å². The third kappa shape index (κ3) is 8.69. The van der Waals surface area contributed by atoms with Crippen molar-refractivity contribution in [2.45, 2.75) is 25.6 Å². The maximum atomic E-state index is 5.48. The Morgan fingerprint density at radius 3 is 2.31 bits per heavy atom. The molecule has 1 aliphatic rings. The summed E-state index contributed by atoms with van der Waals surface area (Å²) >= 11 is 0. The molecule has 0 saturated carbocycles. The number of nitrogens with zero attached hydrogens (tertiary/aromatic N) is 3. The predicted molar refractivity (Wildman–Crippen MR) is 144 cm³/mol. The van der Waals surface area contributed by atoms with Gasteiger partial charge in [0.1, 0.15) is 0 Å². The molecule has 0 amide bonds. The van der Waals surface area contributed by atoms with E-state index in [4.69, 9.17) is 4.74 Å². The number of morpholine rings is 1. The first-order valence-corrected chi connectivity index (χ1v) is 11.2. The normalized spacial score (nSPS) is 15.8. The highest BCUT2D eigenvalue weighted by Crippen LogP contribution is 2.13. The number of benzene rings is 2. The molecule has 1 unspecified atom stereocenters. The summed E-state index contributed by atoms with van der Waals surface area (Å²) in [5.41, 5.74) is 4.02. The number of rotatable bonds is 9. The first-order chi connectivity index (χ1) is 15.2. The maximum absolute atomic E-state index is 5.48. The summed E-state index contributed by atoms with van der Waals surface area (Å²) in [7, 11) is 6.09. The molecular weight excluding hydrogens is 513 g/mol. The van der Waals surface area contributed by atoms with Gasteiger partial charge in [-0.25, -0.2) is 0 Å². The fourth-order valence-electron chi connectivity index (χ4n) is 3.82. The second kappa shape index (κ2) is 14.5. The van der Waals surface area contributed by atoms with Crippen LogP contribution in [0, 0.1) is 0 Å². The molecule has 1 saturated heterocycles. The molecule has 32 heavy (non-hydrogen) atoms. The molecular formula is C25H38IN5O. The highest BCUT2D eigenvalue weighted by molar-refractivity contribution is 14.0. The van der Waals surface area contributed by atoms with E-state index >= 15 is 0 Å². The maximum Gasteiger partial charge on any atom is 0.191 e. The van der Waals surface area contributed by atoms with Crippen LogP contribution in [0.2, 0.25) is 0 Å². The fourth-order valence-corrected chi connectivity index (χ4v) is 3.82. The summed E-state index contributed by atoms with van der Waals surface area (Å²) in [6.07, 6.45) is 1.00. The number of hydrogen-bond acceptors (Lipinski definition) is 4. The molecule has 2 aromatic carbocycles. The average Bonchev–Trinajstić information content (AvgIpc) is 2.80. The Morgan fingerprint density at radius 1 is 1.00 bits per heavy atom. The number of hydrogen-bond donors (Lipinski definition) is 2. The van der Waals surface area contributed by atoms with E-state index in [1.54, 1.807) is 0 Å². The molecule has 176 valence electrons. The molecule has 1 aliphatic heterocycles. The van der Waals surface area contributed by atoms with Gasteiger partial charge in [0.2, 0.25) is 0 Å². The summed E-state index contributed by atoms with van der Waals surface area (Å²) < 4.78 is 5.48. The van der Waals surface area contributed by atoms with E-state index < -0.39 is 0 Å². The van der Waals surface area contributed by atoms with Crippen LogP contribution in [0.5, 0.6) is 0 Å². The van der Waals surface area contributed by atoms with Crippen molar-refractivity contribution in [3.05, 3.63) is 71.3 Å². The van der Waals surface area contributed by atoms with Gasteiger partial charge in [-0.15, -0.1) is 24.0 Å². The molecule has 0 radical (unpaired) electrons. The Kier molecular flexibility index (Phi) is 12.0. The highest BCUT2D eigenvalue weighted by atomic mass is 127. The van der Waals surface area contributed by atoms with Gasteiger partial charge < -0.3 is 20.3 Å². The minimum atomic E-state index is 0. The molecule has 7 heteroatoms. The van der Waals surface area contributed by atoms with E-state index in [1.807, 2.05) is 7.05 Å². The Bertz CT molecular complexity index is 809. The van der Waals surface area contributed by atoms with Crippen LogP contribution in [0.3, 0.4) is 0 Å². The number of halogens is 1.